The van der Waals surface area contributed by atoms with E-state index in [1.54, 1.807) is 0 Å². The lowest BCUT2D eigenvalue weighted by Gasteiger charge is -2.15. The van der Waals surface area contributed by atoms with E-state index in [4.69, 9.17) is 23.9 Å². The van der Waals surface area contributed by atoms with E-state index in [9.17, 15) is 0 Å². The van der Waals surface area contributed by atoms with Crippen molar-refractivity contribution in [1.82, 2.24) is 10.6 Å². The van der Waals surface area contributed by atoms with Crippen molar-refractivity contribution in [3.63, 3.8) is 0 Å². The summed E-state index contributed by atoms with van der Waals surface area (Å²) in [6, 6.07) is 6.33. The summed E-state index contributed by atoms with van der Waals surface area (Å²) < 4.78 is 22.8. The van der Waals surface area contributed by atoms with Gasteiger partial charge in [0, 0.05) is 50.3 Å². The second kappa shape index (κ2) is 15.7. The lowest BCUT2D eigenvalue weighted by Crippen LogP contribution is -2.38. The molecule has 0 aromatic heterocycles. The van der Waals surface area contributed by atoms with Crippen LogP contribution in [0.5, 0.6) is 5.75 Å². The summed E-state index contributed by atoms with van der Waals surface area (Å²) in [5, 5.41) is 6.72. The third-order valence-corrected chi connectivity index (χ3v) is 5.61. The Morgan fingerprint density at radius 3 is 2.53 bits per heavy atom. The highest BCUT2D eigenvalue weighted by Crippen LogP contribution is 2.23. The molecule has 2 N–H and O–H groups in total. The number of hydrogen-bond acceptors (Lipinski definition) is 5. The largest absolute Gasteiger partial charge is 0.493 e. The molecule has 8 heteroatoms. The maximum absolute atomic E-state index is 6.15. The monoisotopic (exact) mass is 561 g/mol. The second-order valence-electron chi connectivity index (χ2n) is 8.43. The average Bonchev–Trinajstić information content (AvgIpc) is 3.48. The summed E-state index contributed by atoms with van der Waals surface area (Å²) in [6.07, 6.45) is 3.14. The molecule has 0 aliphatic carbocycles. The molecular weight excluding hydrogens is 521 g/mol. The van der Waals surface area contributed by atoms with Crippen molar-refractivity contribution < 1.29 is 18.9 Å². The van der Waals surface area contributed by atoms with Gasteiger partial charge in [0.2, 0.25) is 0 Å². The van der Waals surface area contributed by atoms with E-state index in [1.807, 2.05) is 0 Å². The molecule has 2 atom stereocenters. The Balaban J connectivity index is 0.00000363. The van der Waals surface area contributed by atoms with Crippen LogP contribution in [0.3, 0.4) is 0 Å². The summed E-state index contributed by atoms with van der Waals surface area (Å²) in [6.45, 7) is 12.0. The number of aryl methyl sites for hydroxylation is 1. The van der Waals surface area contributed by atoms with Gasteiger partial charge in [-0.1, -0.05) is 12.1 Å². The van der Waals surface area contributed by atoms with E-state index in [2.05, 4.69) is 42.7 Å². The van der Waals surface area contributed by atoms with Crippen molar-refractivity contribution in [2.75, 3.05) is 59.3 Å². The van der Waals surface area contributed by atoms with E-state index in [-0.39, 0.29) is 24.0 Å². The fourth-order valence-electron chi connectivity index (χ4n) is 3.70. The molecule has 1 aromatic carbocycles. The van der Waals surface area contributed by atoms with Crippen LogP contribution in [0.4, 0.5) is 0 Å². The smallest absolute Gasteiger partial charge is 0.191 e. The maximum Gasteiger partial charge on any atom is 0.191 e. The fourth-order valence-corrected chi connectivity index (χ4v) is 3.70. The quantitative estimate of drug-likeness (QED) is 0.176. The number of hydrogen-bond donors (Lipinski definition) is 2. The van der Waals surface area contributed by atoms with Gasteiger partial charge in [-0.25, -0.2) is 4.99 Å². The molecule has 0 amide bonds. The first-order chi connectivity index (χ1) is 15.2. The van der Waals surface area contributed by atoms with Crippen LogP contribution in [0.2, 0.25) is 0 Å². The molecule has 2 fully saturated rings. The van der Waals surface area contributed by atoms with E-state index in [0.29, 0.717) is 25.0 Å². The molecule has 2 aliphatic rings. The van der Waals surface area contributed by atoms with Gasteiger partial charge in [-0.2, -0.15) is 0 Å². The number of benzene rings is 1. The van der Waals surface area contributed by atoms with Gasteiger partial charge in [0.05, 0.1) is 33.0 Å². The third kappa shape index (κ3) is 9.80. The second-order valence-corrected chi connectivity index (χ2v) is 8.43. The number of guanidine groups is 1. The fraction of sp³-hybridized carbons (Fsp3) is 0.708. The summed E-state index contributed by atoms with van der Waals surface area (Å²) in [5.41, 5.74) is 2.29. The van der Waals surface area contributed by atoms with Crippen molar-refractivity contribution in [3.05, 3.63) is 29.3 Å². The number of halogens is 1. The summed E-state index contributed by atoms with van der Waals surface area (Å²) in [7, 11) is 0. The lowest BCUT2D eigenvalue weighted by molar-refractivity contribution is 0.0888. The molecule has 2 aliphatic heterocycles. The van der Waals surface area contributed by atoms with E-state index in [1.165, 1.54) is 5.56 Å². The van der Waals surface area contributed by atoms with Crippen molar-refractivity contribution in [2.24, 2.45) is 16.8 Å². The zero-order valence-electron chi connectivity index (χ0n) is 19.6. The molecule has 0 saturated carbocycles. The number of aliphatic imine (C=N–C) groups is 1. The number of nitrogens with one attached hydrogen (secondary N) is 2. The molecule has 182 valence electrons. The normalized spacial score (nSPS) is 20.8. The average molecular weight is 562 g/mol. The van der Waals surface area contributed by atoms with Gasteiger partial charge in [0.25, 0.3) is 0 Å². The van der Waals surface area contributed by atoms with Crippen molar-refractivity contribution in [2.45, 2.75) is 39.7 Å². The van der Waals surface area contributed by atoms with E-state index < -0.39 is 0 Å². The molecule has 32 heavy (non-hydrogen) atoms. The molecule has 3 rings (SSSR count). The van der Waals surface area contributed by atoms with Crippen molar-refractivity contribution in [1.29, 1.82) is 0 Å². The van der Waals surface area contributed by atoms with Crippen molar-refractivity contribution >= 4 is 29.9 Å². The number of ether oxygens (including phenoxy) is 4. The van der Waals surface area contributed by atoms with Gasteiger partial charge in [0.1, 0.15) is 5.75 Å². The molecule has 0 radical (unpaired) electrons. The zero-order valence-corrected chi connectivity index (χ0v) is 21.9. The topological polar surface area (TPSA) is 73.3 Å². The van der Waals surface area contributed by atoms with Gasteiger partial charge >= 0.3 is 0 Å². The highest BCUT2D eigenvalue weighted by Gasteiger charge is 2.17. The number of rotatable bonds is 12. The Labute approximate surface area is 210 Å². The Morgan fingerprint density at radius 2 is 1.84 bits per heavy atom. The molecular formula is C24H40IN3O4. The zero-order chi connectivity index (χ0) is 21.7. The van der Waals surface area contributed by atoms with Gasteiger partial charge in [-0.15, -0.1) is 24.0 Å². The molecule has 7 nitrogen and oxygen atoms in total. The van der Waals surface area contributed by atoms with E-state index in [0.717, 1.165) is 89.3 Å². The Hall–Kier alpha value is -1.10. The standard InChI is InChI=1S/C24H39N3O4.HI/c1-3-25-24(26-9-4-10-28-15-20-7-11-29-16-20)27-14-22-6-5-19(2)13-23(22)31-18-21-8-12-30-17-21;/h5-6,13,20-21H,3-4,7-12,14-18H2,1-2H3,(H2,25,26,27);1H. The minimum atomic E-state index is 0. The molecule has 2 saturated heterocycles. The number of nitrogens with zero attached hydrogens (tertiary/aromatic N) is 1. The molecule has 2 unspecified atom stereocenters. The van der Waals surface area contributed by atoms with Crippen LogP contribution in [0, 0.1) is 18.8 Å². The Kier molecular flexibility index (Phi) is 13.3. The van der Waals surface area contributed by atoms with Crippen LogP contribution in [0.15, 0.2) is 23.2 Å². The first-order valence-corrected chi connectivity index (χ1v) is 11.7. The minimum Gasteiger partial charge on any atom is -0.493 e. The van der Waals surface area contributed by atoms with Gasteiger partial charge in [0.15, 0.2) is 5.96 Å². The van der Waals surface area contributed by atoms with Crippen LogP contribution in [-0.2, 0) is 20.8 Å². The Morgan fingerprint density at radius 1 is 1.09 bits per heavy atom. The van der Waals surface area contributed by atoms with Crippen LogP contribution in [0.25, 0.3) is 0 Å². The van der Waals surface area contributed by atoms with Crippen molar-refractivity contribution in [3.8, 4) is 5.75 Å². The first kappa shape index (κ1) is 27.1. The highest BCUT2D eigenvalue weighted by molar-refractivity contribution is 14.0. The Bertz CT molecular complexity index is 677. The minimum absolute atomic E-state index is 0. The maximum atomic E-state index is 6.15. The van der Waals surface area contributed by atoms with Gasteiger partial charge < -0.3 is 29.6 Å². The predicted molar refractivity (Wildman–Crippen MR) is 138 cm³/mol. The van der Waals surface area contributed by atoms with Gasteiger partial charge in [-0.3, -0.25) is 0 Å². The lowest BCUT2D eigenvalue weighted by atomic mass is 10.1. The van der Waals surface area contributed by atoms with Gasteiger partial charge in [-0.05, 0) is 44.7 Å². The molecule has 0 spiro atoms. The molecule has 0 bridgehead atoms. The van der Waals surface area contributed by atoms with E-state index >= 15 is 0 Å². The highest BCUT2D eigenvalue weighted by atomic mass is 127. The SMILES string of the molecule is CCNC(=NCc1ccc(C)cc1OCC1CCOC1)NCCCOCC1CCOC1.I. The summed E-state index contributed by atoms with van der Waals surface area (Å²) in [4.78, 5) is 4.77. The van der Waals surface area contributed by atoms with Crippen LogP contribution in [-0.4, -0.2) is 65.3 Å². The molecule has 2 heterocycles. The predicted octanol–water partition coefficient (Wildman–Crippen LogP) is 3.53. The third-order valence-electron chi connectivity index (χ3n) is 5.61. The molecule has 1 aromatic rings. The summed E-state index contributed by atoms with van der Waals surface area (Å²) >= 11 is 0. The summed E-state index contributed by atoms with van der Waals surface area (Å²) in [5.74, 6) is 2.80. The first-order valence-electron chi connectivity index (χ1n) is 11.7. The van der Waals surface area contributed by atoms with Crippen LogP contribution in [0.1, 0.15) is 37.3 Å². The van der Waals surface area contributed by atoms with Crippen LogP contribution >= 0.6 is 24.0 Å². The van der Waals surface area contributed by atoms with Crippen LogP contribution < -0.4 is 15.4 Å².